The zero-order valence-corrected chi connectivity index (χ0v) is 17.6. The van der Waals surface area contributed by atoms with Crippen LogP contribution in [-0.4, -0.2) is 44.7 Å². The summed E-state index contributed by atoms with van der Waals surface area (Å²) in [7, 11) is 0. The van der Waals surface area contributed by atoms with Crippen molar-refractivity contribution in [1.29, 1.82) is 0 Å². The zero-order valence-electron chi connectivity index (χ0n) is 16.8. The van der Waals surface area contributed by atoms with E-state index in [0.29, 0.717) is 22.8 Å². The number of fused-ring (bicyclic) bond motifs is 1. The highest BCUT2D eigenvalue weighted by atomic mass is 32.2. The number of ketones is 1. The number of rotatable bonds is 8. The predicted octanol–water partition coefficient (Wildman–Crippen LogP) is 4.36. The number of hydrogen-bond donors (Lipinski definition) is 3. The van der Waals surface area contributed by atoms with Gasteiger partial charge in [-0.3, -0.25) is 4.79 Å². The van der Waals surface area contributed by atoms with Crippen molar-refractivity contribution in [2.45, 2.75) is 25.7 Å². The molecule has 0 amide bonds. The molecule has 1 aliphatic carbocycles. The van der Waals surface area contributed by atoms with Crippen molar-refractivity contribution < 1.29 is 13.6 Å². The summed E-state index contributed by atoms with van der Waals surface area (Å²) < 4.78 is 34.8. The number of nitrogens with zero attached hydrogens (tertiary/aromatic N) is 3. The van der Waals surface area contributed by atoms with E-state index >= 15 is 4.39 Å². The molecule has 2 fully saturated rings. The smallest absolute Gasteiger partial charge is 0.201 e. The second kappa shape index (κ2) is 8.43. The van der Waals surface area contributed by atoms with Crippen molar-refractivity contribution in [2.24, 2.45) is 5.92 Å². The van der Waals surface area contributed by atoms with Gasteiger partial charge in [0, 0.05) is 38.0 Å². The number of hydrogen-bond acceptors (Lipinski definition) is 7. The number of H-pyrrole nitrogens is 1. The van der Waals surface area contributed by atoms with Crippen molar-refractivity contribution in [1.82, 2.24) is 19.3 Å². The van der Waals surface area contributed by atoms with Crippen molar-refractivity contribution in [3.63, 3.8) is 0 Å². The van der Waals surface area contributed by atoms with Gasteiger partial charge in [-0.2, -0.15) is 0 Å². The summed E-state index contributed by atoms with van der Waals surface area (Å²) in [6.07, 6.45) is 7.32. The summed E-state index contributed by atoms with van der Waals surface area (Å²) in [5, 5.41) is 3.68. The first-order valence-electron chi connectivity index (χ1n) is 10.4. The van der Waals surface area contributed by atoms with Crippen LogP contribution in [0, 0.1) is 17.6 Å². The van der Waals surface area contributed by atoms with Gasteiger partial charge >= 0.3 is 0 Å². The van der Waals surface area contributed by atoms with Gasteiger partial charge in [0.1, 0.15) is 23.6 Å². The Kier molecular flexibility index (Phi) is 5.49. The molecule has 2 aliphatic rings. The van der Waals surface area contributed by atoms with E-state index in [1.165, 1.54) is 30.7 Å². The molecule has 3 N–H and O–H groups in total. The quantitative estimate of drug-likeness (QED) is 0.352. The molecule has 3 heterocycles. The third kappa shape index (κ3) is 4.09. The summed E-state index contributed by atoms with van der Waals surface area (Å²) in [4.78, 5) is 24.6. The molecule has 31 heavy (non-hydrogen) atoms. The molecule has 162 valence electrons. The number of aromatic amines is 1. The van der Waals surface area contributed by atoms with Gasteiger partial charge in [-0.1, -0.05) is 0 Å². The molecule has 1 aliphatic heterocycles. The molecule has 1 aromatic carbocycles. The summed E-state index contributed by atoms with van der Waals surface area (Å²) >= 11 is 1.27. The van der Waals surface area contributed by atoms with Gasteiger partial charge in [0.2, 0.25) is 5.78 Å². The second-order valence-corrected chi connectivity index (χ2v) is 8.82. The molecule has 7 nitrogen and oxygen atoms in total. The highest BCUT2D eigenvalue weighted by Crippen LogP contribution is 2.33. The van der Waals surface area contributed by atoms with Crippen LogP contribution >= 0.6 is 12.1 Å². The summed E-state index contributed by atoms with van der Waals surface area (Å²) in [5.74, 6) is -1.48. The summed E-state index contributed by atoms with van der Waals surface area (Å²) in [6.45, 7) is 2.54. The van der Waals surface area contributed by atoms with Crippen LogP contribution in [0.25, 0.3) is 11.0 Å². The Hall–Kier alpha value is -2.72. The van der Waals surface area contributed by atoms with Crippen molar-refractivity contribution in [3.05, 3.63) is 47.4 Å². The minimum Gasteiger partial charge on any atom is -0.369 e. The average Bonchev–Trinajstić information content (AvgIpc) is 3.25. The number of nitrogens with one attached hydrogen (secondary N) is 3. The van der Waals surface area contributed by atoms with Crippen LogP contribution in [0.3, 0.4) is 0 Å². The van der Waals surface area contributed by atoms with E-state index in [0.717, 1.165) is 51.4 Å². The minimum atomic E-state index is -0.907. The first-order valence-corrected chi connectivity index (χ1v) is 11.2. The summed E-state index contributed by atoms with van der Waals surface area (Å²) in [5.41, 5.74) is 0.0575. The molecule has 0 bridgehead atoms. The lowest BCUT2D eigenvalue weighted by atomic mass is 10.0. The van der Waals surface area contributed by atoms with Gasteiger partial charge in [0.05, 0.1) is 22.2 Å². The largest absolute Gasteiger partial charge is 0.369 e. The Morgan fingerprint density at radius 3 is 2.81 bits per heavy atom. The van der Waals surface area contributed by atoms with Crippen molar-refractivity contribution >= 4 is 40.5 Å². The minimum absolute atomic E-state index is 0.0739. The molecule has 0 spiro atoms. The summed E-state index contributed by atoms with van der Waals surface area (Å²) in [6, 6.07) is 2.42. The normalized spacial score (nSPS) is 16.7. The van der Waals surface area contributed by atoms with E-state index in [1.54, 1.807) is 0 Å². The standard InChI is InChI=1S/C21H22F2N6OS/c22-14-5-6-15(28-31-29-7-1-2-8-29)18(23)17(14)19(30)13-10-25-21-16(13)20(26-11-27-21)24-9-12-3-4-12/h5-6,10-12,28H,1-4,7-9H2,(H2,24,25,26,27). The molecule has 2 aromatic heterocycles. The molecule has 0 atom stereocenters. The number of aromatic nitrogens is 3. The first kappa shape index (κ1) is 20.2. The third-order valence-corrected chi connectivity index (χ3v) is 6.57. The van der Waals surface area contributed by atoms with E-state index in [2.05, 4.69) is 29.3 Å². The molecular weight excluding hydrogens is 422 g/mol. The van der Waals surface area contributed by atoms with Gasteiger partial charge in [-0.15, -0.1) is 0 Å². The van der Waals surface area contributed by atoms with E-state index in [9.17, 15) is 9.18 Å². The predicted molar refractivity (Wildman–Crippen MR) is 117 cm³/mol. The van der Waals surface area contributed by atoms with E-state index in [-0.39, 0.29) is 11.3 Å². The van der Waals surface area contributed by atoms with Crippen LogP contribution in [-0.2, 0) is 0 Å². The van der Waals surface area contributed by atoms with Crippen molar-refractivity contribution in [3.8, 4) is 0 Å². The van der Waals surface area contributed by atoms with Crippen LogP contribution in [0.15, 0.2) is 24.7 Å². The average molecular weight is 445 g/mol. The Morgan fingerprint density at radius 1 is 1.23 bits per heavy atom. The zero-order chi connectivity index (χ0) is 21.4. The fraction of sp³-hybridized carbons (Fsp3) is 0.381. The molecule has 5 rings (SSSR count). The molecule has 1 saturated heterocycles. The molecule has 0 unspecified atom stereocenters. The maximum atomic E-state index is 15.2. The molecule has 1 saturated carbocycles. The van der Waals surface area contributed by atoms with Gasteiger partial charge in [0.15, 0.2) is 5.82 Å². The maximum absolute atomic E-state index is 15.2. The molecular formula is C21H22F2N6OS. The van der Waals surface area contributed by atoms with Crippen molar-refractivity contribution in [2.75, 3.05) is 29.7 Å². The molecule has 3 aromatic rings. The molecule has 0 radical (unpaired) electrons. The highest BCUT2D eigenvalue weighted by molar-refractivity contribution is 7.98. The lowest BCUT2D eigenvalue weighted by Gasteiger charge is -2.16. The van der Waals surface area contributed by atoms with E-state index in [1.807, 2.05) is 0 Å². The fourth-order valence-electron chi connectivity index (χ4n) is 3.71. The van der Waals surface area contributed by atoms with Gasteiger partial charge < -0.3 is 15.0 Å². The van der Waals surface area contributed by atoms with Gasteiger partial charge in [-0.05, 0) is 43.7 Å². The third-order valence-electron chi connectivity index (χ3n) is 5.64. The Balaban J connectivity index is 1.46. The van der Waals surface area contributed by atoms with Crippen LogP contribution < -0.4 is 10.0 Å². The second-order valence-electron chi connectivity index (χ2n) is 7.92. The maximum Gasteiger partial charge on any atom is 0.201 e. The highest BCUT2D eigenvalue weighted by Gasteiger charge is 2.27. The van der Waals surface area contributed by atoms with Crippen LogP contribution in [0.5, 0.6) is 0 Å². The molecule has 10 heteroatoms. The number of carbonyl (C=O) groups excluding carboxylic acids is 1. The number of halogens is 2. The number of carbonyl (C=O) groups is 1. The monoisotopic (exact) mass is 444 g/mol. The van der Waals surface area contributed by atoms with Crippen LogP contribution in [0.1, 0.15) is 41.6 Å². The van der Waals surface area contributed by atoms with Gasteiger partial charge in [0.25, 0.3) is 0 Å². The van der Waals surface area contributed by atoms with Crippen LogP contribution in [0.2, 0.25) is 0 Å². The fourth-order valence-corrected chi connectivity index (χ4v) is 4.53. The SMILES string of the molecule is O=C(c1c(F)ccc(NSN2CCCC2)c1F)c1c[nH]c2ncnc(NCC3CC3)c12. The van der Waals surface area contributed by atoms with Crippen LogP contribution in [0.4, 0.5) is 20.3 Å². The van der Waals surface area contributed by atoms with Gasteiger partial charge in [-0.25, -0.2) is 23.1 Å². The number of anilines is 2. The topological polar surface area (TPSA) is 85.9 Å². The van der Waals surface area contributed by atoms with E-state index in [4.69, 9.17) is 0 Å². The lowest BCUT2D eigenvalue weighted by molar-refractivity contribution is 0.103. The Bertz CT molecular complexity index is 1130. The van der Waals surface area contributed by atoms with E-state index < -0.39 is 23.0 Å². The lowest BCUT2D eigenvalue weighted by Crippen LogP contribution is -2.14. The Morgan fingerprint density at radius 2 is 2.03 bits per heavy atom. The first-order chi connectivity index (χ1) is 15.1. The Labute approximate surface area is 182 Å². The number of benzene rings is 1.